The van der Waals surface area contributed by atoms with Gasteiger partial charge in [0.2, 0.25) is 0 Å². The SMILES string of the molecule is C=c1ccccc(=C)n(-c2ccccc2)c2ccc(-c3ccc(C)c(-c4ccccc4C)c3)cc12. The highest BCUT2D eigenvalue weighted by atomic mass is 15.0. The summed E-state index contributed by atoms with van der Waals surface area (Å²) in [6, 6.07) is 40.5. The molecule has 5 rings (SSSR count). The van der Waals surface area contributed by atoms with Crippen molar-refractivity contribution in [3.05, 3.63) is 137 Å². The highest BCUT2D eigenvalue weighted by molar-refractivity contribution is 5.87. The van der Waals surface area contributed by atoms with Gasteiger partial charge in [-0.05, 0) is 88.8 Å². The second-order valence-electron chi connectivity index (χ2n) is 8.98. The van der Waals surface area contributed by atoms with Crippen LogP contribution in [0.1, 0.15) is 11.1 Å². The maximum atomic E-state index is 4.40. The number of aromatic nitrogens is 1. The second kappa shape index (κ2) is 9.48. The first kappa shape index (κ1) is 22.4. The molecular weight excluding hydrogens is 422 g/mol. The average molecular weight is 452 g/mol. The quantitative estimate of drug-likeness (QED) is 0.267. The van der Waals surface area contributed by atoms with Gasteiger partial charge in [-0.2, -0.15) is 0 Å². The Morgan fingerprint density at radius 2 is 1.17 bits per heavy atom. The molecule has 0 bridgehead atoms. The number of hydrogen-bond acceptors (Lipinski definition) is 0. The number of aryl methyl sites for hydroxylation is 2. The third-order valence-electron chi connectivity index (χ3n) is 6.59. The van der Waals surface area contributed by atoms with E-state index >= 15 is 0 Å². The van der Waals surface area contributed by atoms with Gasteiger partial charge in [-0.1, -0.05) is 92.0 Å². The van der Waals surface area contributed by atoms with E-state index in [4.69, 9.17) is 0 Å². The molecule has 0 amide bonds. The van der Waals surface area contributed by atoms with Crippen LogP contribution in [0.3, 0.4) is 0 Å². The Morgan fingerprint density at radius 1 is 0.543 bits per heavy atom. The highest BCUT2D eigenvalue weighted by Gasteiger charge is 2.09. The smallest absolute Gasteiger partial charge is 0.0539 e. The van der Waals surface area contributed by atoms with Crippen molar-refractivity contribution < 1.29 is 0 Å². The van der Waals surface area contributed by atoms with Gasteiger partial charge in [-0.3, -0.25) is 0 Å². The Bertz CT molecular complexity index is 1690. The summed E-state index contributed by atoms with van der Waals surface area (Å²) < 4.78 is 2.20. The fourth-order valence-corrected chi connectivity index (χ4v) is 4.67. The van der Waals surface area contributed by atoms with E-state index in [1.54, 1.807) is 0 Å². The molecule has 170 valence electrons. The minimum absolute atomic E-state index is 0.904. The van der Waals surface area contributed by atoms with Crippen molar-refractivity contribution in [2.45, 2.75) is 13.8 Å². The predicted molar refractivity (Wildman–Crippen MR) is 152 cm³/mol. The third-order valence-corrected chi connectivity index (χ3v) is 6.59. The molecule has 5 aromatic rings. The summed E-state index contributed by atoms with van der Waals surface area (Å²) in [5, 5.41) is 2.96. The first-order valence-electron chi connectivity index (χ1n) is 11.9. The Balaban J connectivity index is 1.79. The van der Waals surface area contributed by atoms with Gasteiger partial charge in [-0.15, -0.1) is 0 Å². The Labute approximate surface area is 207 Å². The molecule has 0 spiro atoms. The summed E-state index contributed by atoms with van der Waals surface area (Å²) in [6.07, 6.45) is 0. The van der Waals surface area contributed by atoms with Crippen LogP contribution in [0.4, 0.5) is 0 Å². The molecule has 1 nitrogen and oxygen atoms in total. The zero-order chi connectivity index (χ0) is 24.4. The Hall–Kier alpha value is -4.36. The number of rotatable bonds is 3. The summed E-state index contributed by atoms with van der Waals surface area (Å²) in [4.78, 5) is 0. The van der Waals surface area contributed by atoms with Crippen LogP contribution in [0.2, 0.25) is 0 Å². The molecule has 0 aliphatic heterocycles. The largest absolute Gasteiger partial charge is 0.310 e. The molecular formula is C34H29N. The lowest BCUT2D eigenvalue weighted by atomic mass is 9.92. The molecule has 0 aliphatic rings. The van der Waals surface area contributed by atoms with E-state index in [-0.39, 0.29) is 0 Å². The molecule has 0 atom stereocenters. The van der Waals surface area contributed by atoms with E-state index in [9.17, 15) is 0 Å². The molecule has 1 aromatic heterocycles. The van der Waals surface area contributed by atoms with Gasteiger partial charge >= 0.3 is 0 Å². The minimum atomic E-state index is 0.904. The van der Waals surface area contributed by atoms with Gasteiger partial charge in [0.05, 0.1) is 5.52 Å². The van der Waals surface area contributed by atoms with E-state index in [1.807, 2.05) is 24.3 Å². The van der Waals surface area contributed by atoms with Gasteiger partial charge in [0.15, 0.2) is 0 Å². The molecule has 35 heavy (non-hydrogen) atoms. The van der Waals surface area contributed by atoms with E-state index in [2.05, 4.69) is 123 Å². The van der Waals surface area contributed by atoms with Crippen molar-refractivity contribution in [3.63, 3.8) is 0 Å². The van der Waals surface area contributed by atoms with Crippen LogP contribution >= 0.6 is 0 Å². The zero-order valence-corrected chi connectivity index (χ0v) is 20.3. The van der Waals surface area contributed by atoms with Crippen LogP contribution in [0, 0.1) is 13.8 Å². The van der Waals surface area contributed by atoms with Crippen LogP contribution in [-0.4, -0.2) is 4.57 Å². The first-order chi connectivity index (χ1) is 17.0. The van der Waals surface area contributed by atoms with Gasteiger partial charge < -0.3 is 4.57 Å². The zero-order valence-electron chi connectivity index (χ0n) is 20.3. The maximum absolute atomic E-state index is 4.40. The summed E-state index contributed by atoms with van der Waals surface area (Å²) >= 11 is 0. The average Bonchev–Trinajstić information content (AvgIpc) is 2.93. The van der Waals surface area contributed by atoms with E-state index < -0.39 is 0 Å². The lowest BCUT2D eigenvalue weighted by Crippen LogP contribution is -2.16. The Morgan fingerprint density at radius 3 is 1.97 bits per heavy atom. The first-order valence-corrected chi connectivity index (χ1v) is 11.9. The molecule has 0 N–H and O–H groups in total. The van der Waals surface area contributed by atoms with Crippen molar-refractivity contribution in [1.82, 2.24) is 4.57 Å². The van der Waals surface area contributed by atoms with Crippen LogP contribution in [0.5, 0.6) is 0 Å². The van der Waals surface area contributed by atoms with Crippen LogP contribution < -0.4 is 10.6 Å². The van der Waals surface area contributed by atoms with Gasteiger partial charge in [0, 0.05) is 16.4 Å². The number of benzene rings is 4. The number of nitrogens with zero attached hydrogens (tertiary/aromatic N) is 1. The van der Waals surface area contributed by atoms with Crippen LogP contribution in [0.25, 0.3) is 52.0 Å². The minimum Gasteiger partial charge on any atom is -0.310 e. The van der Waals surface area contributed by atoms with Gasteiger partial charge in [0.1, 0.15) is 0 Å². The molecule has 0 saturated carbocycles. The Kier molecular flexibility index (Phi) is 6.08. The summed E-state index contributed by atoms with van der Waals surface area (Å²) in [7, 11) is 0. The topological polar surface area (TPSA) is 4.93 Å². The highest BCUT2D eigenvalue weighted by Crippen LogP contribution is 2.32. The fourth-order valence-electron chi connectivity index (χ4n) is 4.67. The van der Waals surface area contributed by atoms with Crippen molar-refractivity contribution in [3.8, 4) is 27.9 Å². The fraction of sp³-hybridized carbons (Fsp3) is 0.0588. The third kappa shape index (κ3) is 4.41. The number of para-hydroxylation sites is 1. The van der Waals surface area contributed by atoms with Crippen LogP contribution in [0.15, 0.2) is 115 Å². The maximum Gasteiger partial charge on any atom is 0.0539 e. The summed E-state index contributed by atoms with van der Waals surface area (Å²) in [5.74, 6) is 0. The van der Waals surface area contributed by atoms with Gasteiger partial charge in [0.25, 0.3) is 0 Å². The molecule has 1 heterocycles. The molecule has 0 aliphatic carbocycles. The molecule has 0 unspecified atom stereocenters. The predicted octanol–water partition coefficient (Wildman–Crippen LogP) is 7.53. The van der Waals surface area contributed by atoms with Crippen LogP contribution in [-0.2, 0) is 0 Å². The number of hydrogen-bond donors (Lipinski definition) is 0. The standard InChI is InChI=1S/C34H29N/c1-24-12-9-11-17-31(24)32-22-28(19-18-26(32)3)29-20-21-34-33(23-29)25(2)13-8-10-14-27(4)35(34)30-15-6-5-7-16-30/h5-23H,2,4H2,1,3H3. The summed E-state index contributed by atoms with van der Waals surface area (Å²) in [5.41, 5.74) is 9.60. The lowest BCUT2D eigenvalue weighted by Gasteiger charge is -2.14. The van der Waals surface area contributed by atoms with Crippen molar-refractivity contribution in [2.24, 2.45) is 0 Å². The van der Waals surface area contributed by atoms with Crippen molar-refractivity contribution in [2.75, 3.05) is 0 Å². The van der Waals surface area contributed by atoms with E-state index in [0.717, 1.165) is 27.2 Å². The molecule has 0 fully saturated rings. The molecule has 0 radical (unpaired) electrons. The van der Waals surface area contributed by atoms with E-state index in [1.165, 1.54) is 33.4 Å². The normalized spacial score (nSPS) is 10.8. The monoisotopic (exact) mass is 451 g/mol. The van der Waals surface area contributed by atoms with Gasteiger partial charge in [-0.25, -0.2) is 0 Å². The van der Waals surface area contributed by atoms with Crippen molar-refractivity contribution >= 4 is 24.1 Å². The molecule has 4 aromatic carbocycles. The van der Waals surface area contributed by atoms with E-state index in [0.29, 0.717) is 0 Å². The second-order valence-corrected chi connectivity index (χ2v) is 8.98. The van der Waals surface area contributed by atoms with Crippen molar-refractivity contribution in [1.29, 1.82) is 0 Å². The lowest BCUT2D eigenvalue weighted by molar-refractivity contribution is 1.06. The molecule has 0 saturated heterocycles. The molecule has 1 heteroatoms. The number of fused-ring (bicyclic) bond motifs is 1. The summed E-state index contributed by atoms with van der Waals surface area (Å²) in [6.45, 7) is 13.1.